The molecule has 0 heterocycles. The molecule has 2 rings (SSSR count). The van der Waals surface area contributed by atoms with E-state index in [-0.39, 0.29) is 25.7 Å². The number of carboxylic acid groups (broad SMARTS) is 1. The second-order valence-corrected chi connectivity index (χ2v) is 8.29. The lowest BCUT2D eigenvalue weighted by atomic mass is 10.0. The van der Waals surface area contributed by atoms with Crippen molar-refractivity contribution in [2.75, 3.05) is 19.8 Å². The lowest BCUT2D eigenvalue weighted by molar-refractivity contribution is -0.145. The SMILES string of the molecule is CC(COC(C)(C)CCNC(=O)COc1cccc(C(=O)OCc2ccccc2)c1)C(=O)O. The second-order valence-electron chi connectivity index (χ2n) is 8.29. The predicted molar refractivity (Wildman–Crippen MR) is 122 cm³/mol. The fourth-order valence-corrected chi connectivity index (χ4v) is 2.72. The zero-order valence-corrected chi connectivity index (χ0v) is 19.2. The molecule has 8 heteroatoms. The average molecular weight is 458 g/mol. The Labute approximate surface area is 193 Å². The number of hydrogen-bond acceptors (Lipinski definition) is 6. The third-order valence-corrected chi connectivity index (χ3v) is 4.85. The van der Waals surface area contributed by atoms with Crippen LogP contribution >= 0.6 is 0 Å². The molecule has 0 saturated heterocycles. The highest BCUT2D eigenvalue weighted by Gasteiger charge is 2.22. The molecule has 33 heavy (non-hydrogen) atoms. The van der Waals surface area contributed by atoms with Crippen LogP contribution < -0.4 is 10.1 Å². The standard InChI is InChI=1S/C25H31NO7/c1-18(23(28)29)15-33-25(2,3)12-13-26-22(27)17-31-21-11-7-10-20(14-21)24(30)32-16-19-8-5-4-6-9-19/h4-11,14,18H,12-13,15-17H2,1-3H3,(H,26,27)(H,28,29). The number of carbonyl (C=O) groups excluding carboxylic acids is 2. The van der Waals surface area contributed by atoms with Crippen LogP contribution in [0.1, 0.15) is 43.1 Å². The van der Waals surface area contributed by atoms with Gasteiger partial charge in [0.1, 0.15) is 12.4 Å². The quantitative estimate of drug-likeness (QED) is 0.443. The van der Waals surface area contributed by atoms with E-state index >= 15 is 0 Å². The topological polar surface area (TPSA) is 111 Å². The lowest BCUT2D eigenvalue weighted by Gasteiger charge is -2.26. The number of benzene rings is 2. The fraction of sp³-hybridized carbons (Fsp3) is 0.400. The number of rotatable bonds is 13. The molecule has 0 bridgehead atoms. The van der Waals surface area contributed by atoms with Gasteiger partial charge in [-0.3, -0.25) is 9.59 Å². The zero-order valence-electron chi connectivity index (χ0n) is 19.2. The maximum atomic E-state index is 12.3. The van der Waals surface area contributed by atoms with Crippen molar-refractivity contribution < 1.29 is 33.7 Å². The molecule has 0 aliphatic carbocycles. The zero-order chi connectivity index (χ0) is 24.3. The Kier molecular flexibility index (Phi) is 9.87. The van der Waals surface area contributed by atoms with Crippen LogP contribution in [0, 0.1) is 5.92 Å². The number of aliphatic carboxylic acids is 1. The van der Waals surface area contributed by atoms with Crippen molar-refractivity contribution in [3.63, 3.8) is 0 Å². The van der Waals surface area contributed by atoms with E-state index in [4.69, 9.17) is 19.3 Å². The summed E-state index contributed by atoms with van der Waals surface area (Å²) in [5.41, 5.74) is 0.643. The maximum absolute atomic E-state index is 12.3. The molecule has 2 aromatic rings. The van der Waals surface area contributed by atoms with Gasteiger partial charge >= 0.3 is 11.9 Å². The number of carbonyl (C=O) groups is 3. The maximum Gasteiger partial charge on any atom is 0.338 e. The summed E-state index contributed by atoms with van der Waals surface area (Å²) in [7, 11) is 0. The number of amides is 1. The molecule has 1 unspecified atom stereocenters. The summed E-state index contributed by atoms with van der Waals surface area (Å²) in [6.07, 6.45) is 0.508. The van der Waals surface area contributed by atoms with Crippen molar-refractivity contribution in [1.82, 2.24) is 5.32 Å². The molecule has 1 atom stereocenters. The van der Waals surface area contributed by atoms with Gasteiger partial charge in [0.25, 0.3) is 5.91 Å². The molecule has 0 saturated carbocycles. The van der Waals surface area contributed by atoms with E-state index < -0.39 is 23.5 Å². The molecule has 2 aromatic carbocycles. The molecule has 178 valence electrons. The van der Waals surface area contributed by atoms with Gasteiger partial charge in [0.05, 0.1) is 23.7 Å². The molecular formula is C25H31NO7. The molecule has 0 aliphatic rings. The van der Waals surface area contributed by atoms with Crippen LogP contribution in [0.5, 0.6) is 5.75 Å². The summed E-state index contributed by atoms with van der Waals surface area (Å²) < 4.78 is 16.4. The van der Waals surface area contributed by atoms with E-state index in [1.165, 1.54) is 6.07 Å². The van der Waals surface area contributed by atoms with Gasteiger partial charge in [-0.2, -0.15) is 0 Å². The molecular weight excluding hydrogens is 426 g/mol. The average Bonchev–Trinajstić information content (AvgIpc) is 2.80. The molecule has 0 radical (unpaired) electrons. The number of ether oxygens (including phenoxy) is 3. The van der Waals surface area contributed by atoms with Crippen LogP contribution in [0.25, 0.3) is 0 Å². The molecule has 0 aromatic heterocycles. The smallest absolute Gasteiger partial charge is 0.338 e. The van der Waals surface area contributed by atoms with E-state index in [1.54, 1.807) is 25.1 Å². The van der Waals surface area contributed by atoms with Crippen molar-refractivity contribution in [3.05, 3.63) is 65.7 Å². The van der Waals surface area contributed by atoms with Crippen molar-refractivity contribution in [2.45, 2.75) is 39.4 Å². The lowest BCUT2D eigenvalue weighted by Crippen LogP contribution is -2.36. The van der Waals surface area contributed by atoms with E-state index in [0.717, 1.165) is 5.56 Å². The minimum Gasteiger partial charge on any atom is -0.484 e. The highest BCUT2D eigenvalue weighted by molar-refractivity contribution is 5.89. The van der Waals surface area contributed by atoms with Crippen LogP contribution in [-0.4, -0.2) is 48.3 Å². The van der Waals surface area contributed by atoms with Crippen molar-refractivity contribution in [2.24, 2.45) is 5.92 Å². The Balaban J connectivity index is 1.73. The first kappa shape index (κ1) is 25.9. The van der Waals surface area contributed by atoms with Gasteiger partial charge in [-0.05, 0) is 51.0 Å². The summed E-state index contributed by atoms with van der Waals surface area (Å²) in [4.78, 5) is 35.2. The van der Waals surface area contributed by atoms with Crippen molar-refractivity contribution in [3.8, 4) is 5.75 Å². The van der Waals surface area contributed by atoms with Crippen LogP contribution in [0.15, 0.2) is 54.6 Å². The normalized spacial score (nSPS) is 12.0. The summed E-state index contributed by atoms with van der Waals surface area (Å²) >= 11 is 0. The molecule has 8 nitrogen and oxygen atoms in total. The summed E-state index contributed by atoms with van der Waals surface area (Å²) in [6, 6.07) is 15.8. The molecule has 1 amide bonds. The van der Waals surface area contributed by atoms with E-state index in [9.17, 15) is 14.4 Å². The predicted octanol–water partition coefficient (Wildman–Crippen LogP) is 3.44. The van der Waals surface area contributed by atoms with Gasteiger partial charge < -0.3 is 24.6 Å². The Morgan fingerprint density at radius 3 is 2.48 bits per heavy atom. The first-order chi connectivity index (χ1) is 15.7. The molecule has 0 aliphatic heterocycles. The van der Waals surface area contributed by atoms with Gasteiger partial charge in [0.15, 0.2) is 6.61 Å². The van der Waals surface area contributed by atoms with Gasteiger partial charge in [-0.15, -0.1) is 0 Å². The fourth-order valence-electron chi connectivity index (χ4n) is 2.72. The molecule has 0 spiro atoms. The Morgan fingerprint density at radius 1 is 1.06 bits per heavy atom. The third kappa shape index (κ3) is 9.74. The first-order valence-electron chi connectivity index (χ1n) is 10.7. The Hall–Kier alpha value is -3.39. The highest BCUT2D eigenvalue weighted by atomic mass is 16.5. The van der Waals surface area contributed by atoms with Crippen molar-refractivity contribution in [1.29, 1.82) is 0 Å². The minimum absolute atomic E-state index is 0.101. The van der Waals surface area contributed by atoms with Crippen molar-refractivity contribution >= 4 is 17.8 Å². The monoisotopic (exact) mass is 457 g/mol. The minimum atomic E-state index is -0.912. The Morgan fingerprint density at radius 2 is 1.79 bits per heavy atom. The van der Waals surface area contributed by atoms with E-state index in [0.29, 0.717) is 24.3 Å². The summed E-state index contributed by atoms with van der Waals surface area (Å²) in [5.74, 6) is -1.93. The summed E-state index contributed by atoms with van der Waals surface area (Å²) in [6.45, 7) is 5.67. The largest absolute Gasteiger partial charge is 0.484 e. The highest BCUT2D eigenvalue weighted by Crippen LogP contribution is 2.16. The third-order valence-electron chi connectivity index (χ3n) is 4.85. The van der Waals surface area contributed by atoms with Gasteiger partial charge in [-0.1, -0.05) is 36.4 Å². The van der Waals surface area contributed by atoms with Gasteiger partial charge in [-0.25, -0.2) is 4.79 Å². The number of nitrogens with one attached hydrogen (secondary N) is 1. The van der Waals surface area contributed by atoms with Crippen LogP contribution in [0.2, 0.25) is 0 Å². The number of esters is 1. The van der Waals surface area contributed by atoms with Crippen LogP contribution in [0.3, 0.4) is 0 Å². The Bertz CT molecular complexity index is 927. The van der Waals surface area contributed by atoms with Crippen LogP contribution in [-0.2, 0) is 25.7 Å². The first-order valence-corrected chi connectivity index (χ1v) is 10.7. The molecule has 2 N–H and O–H groups in total. The van der Waals surface area contributed by atoms with E-state index in [2.05, 4.69) is 5.32 Å². The van der Waals surface area contributed by atoms with E-state index in [1.807, 2.05) is 44.2 Å². The number of hydrogen-bond donors (Lipinski definition) is 2. The number of carboxylic acids is 1. The second kappa shape index (κ2) is 12.6. The van der Waals surface area contributed by atoms with Gasteiger partial charge in [0, 0.05) is 6.54 Å². The van der Waals surface area contributed by atoms with Gasteiger partial charge in [0.2, 0.25) is 0 Å². The van der Waals surface area contributed by atoms with Crippen LogP contribution in [0.4, 0.5) is 0 Å². The summed E-state index contributed by atoms with van der Waals surface area (Å²) in [5, 5.41) is 11.7. The molecule has 0 fully saturated rings.